The maximum absolute atomic E-state index is 13.3. The molecule has 190 valence electrons. The molecule has 0 aliphatic rings. The molecule has 5 aromatic rings. The maximum atomic E-state index is 13.3. The van der Waals surface area contributed by atoms with E-state index in [1.54, 1.807) is 35.0 Å². The van der Waals surface area contributed by atoms with Crippen molar-refractivity contribution in [3.8, 4) is 16.9 Å². The minimum absolute atomic E-state index is 0.116. The van der Waals surface area contributed by atoms with E-state index in [0.29, 0.717) is 39.4 Å². The average Bonchev–Trinajstić information content (AvgIpc) is 3.36. The molecule has 1 heterocycles. The Morgan fingerprint density at radius 3 is 2.32 bits per heavy atom. The zero-order chi connectivity index (χ0) is 26.6. The Hall–Kier alpha value is -4.13. The standard InChI is InChI=1S/C30H24Cl2N4O2/c1-2-35(30(38)23-13-12-20-8-6-7-11-22(20)16-23)19-29(37)33-28-18-27(21-9-4-3-5-10-21)34-36(28)24-14-15-25(31)26(32)17-24/h3-18H,2,19H2,1H3,(H,33,37). The Morgan fingerprint density at radius 1 is 0.842 bits per heavy atom. The maximum Gasteiger partial charge on any atom is 0.254 e. The zero-order valence-corrected chi connectivity index (χ0v) is 22.1. The van der Waals surface area contributed by atoms with Gasteiger partial charge in [0.15, 0.2) is 0 Å². The molecule has 1 aromatic heterocycles. The summed E-state index contributed by atoms with van der Waals surface area (Å²) in [6.45, 7) is 2.11. The number of benzene rings is 4. The van der Waals surface area contributed by atoms with Gasteiger partial charge in [-0.2, -0.15) is 5.10 Å². The summed E-state index contributed by atoms with van der Waals surface area (Å²) in [7, 11) is 0. The highest BCUT2D eigenvalue weighted by Gasteiger charge is 2.20. The van der Waals surface area contributed by atoms with Crippen molar-refractivity contribution in [2.75, 3.05) is 18.4 Å². The number of anilines is 1. The summed E-state index contributed by atoms with van der Waals surface area (Å²) in [6.07, 6.45) is 0. The second kappa shape index (κ2) is 11.1. The van der Waals surface area contributed by atoms with Crippen LogP contribution in [0.5, 0.6) is 0 Å². The number of fused-ring (bicyclic) bond motifs is 1. The molecule has 8 heteroatoms. The average molecular weight is 543 g/mol. The third-order valence-electron chi connectivity index (χ3n) is 6.19. The van der Waals surface area contributed by atoms with Crippen molar-refractivity contribution in [2.45, 2.75) is 6.92 Å². The molecule has 0 atom stereocenters. The zero-order valence-electron chi connectivity index (χ0n) is 20.6. The monoisotopic (exact) mass is 542 g/mol. The van der Waals surface area contributed by atoms with Crippen LogP contribution in [0, 0.1) is 0 Å². The van der Waals surface area contributed by atoms with E-state index < -0.39 is 0 Å². The van der Waals surface area contributed by atoms with E-state index in [0.717, 1.165) is 16.3 Å². The molecule has 4 aromatic carbocycles. The van der Waals surface area contributed by atoms with Gasteiger partial charge in [-0.1, -0.05) is 83.9 Å². The summed E-state index contributed by atoms with van der Waals surface area (Å²) in [5.41, 5.74) is 2.73. The molecule has 0 radical (unpaired) electrons. The second-order valence-electron chi connectivity index (χ2n) is 8.72. The molecule has 0 fully saturated rings. The van der Waals surface area contributed by atoms with Gasteiger partial charge in [0.25, 0.3) is 5.91 Å². The molecule has 0 aliphatic carbocycles. The summed E-state index contributed by atoms with van der Waals surface area (Å²) >= 11 is 12.4. The van der Waals surface area contributed by atoms with E-state index in [1.165, 1.54) is 4.90 Å². The van der Waals surface area contributed by atoms with Gasteiger partial charge in [0.2, 0.25) is 5.91 Å². The third kappa shape index (κ3) is 5.42. The molecule has 2 amide bonds. The van der Waals surface area contributed by atoms with Gasteiger partial charge < -0.3 is 10.2 Å². The van der Waals surface area contributed by atoms with Crippen molar-refractivity contribution in [2.24, 2.45) is 0 Å². The van der Waals surface area contributed by atoms with Crippen LogP contribution in [0.1, 0.15) is 17.3 Å². The fraction of sp³-hybridized carbons (Fsp3) is 0.100. The number of nitrogens with one attached hydrogen (secondary N) is 1. The van der Waals surface area contributed by atoms with Crippen LogP contribution < -0.4 is 5.32 Å². The van der Waals surface area contributed by atoms with Gasteiger partial charge in [0, 0.05) is 23.7 Å². The highest BCUT2D eigenvalue weighted by atomic mass is 35.5. The first-order chi connectivity index (χ1) is 18.4. The van der Waals surface area contributed by atoms with Gasteiger partial charge in [0.1, 0.15) is 12.4 Å². The van der Waals surface area contributed by atoms with Crippen LogP contribution in [0.3, 0.4) is 0 Å². The third-order valence-corrected chi connectivity index (χ3v) is 6.93. The highest BCUT2D eigenvalue weighted by Crippen LogP contribution is 2.29. The number of hydrogen-bond acceptors (Lipinski definition) is 3. The lowest BCUT2D eigenvalue weighted by Crippen LogP contribution is -2.38. The van der Waals surface area contributed by atoms with Gasteiger partial charge in [-0.3, -0.25) is 9.59 Å². The lowest BCUT2D eigenvalue weighted by atomic mass is 10.1. The van der Waals surface area contributed by atoms with Crippen molar-refractivity contribution in [3.63, 3.8) is 0 Å². The van der Waals surface area contributed by atoms with E-state index in [2.05, 4.69) is 5.32 Å². The van der Waals surface area contributed by atoms with Crippen molar-refractivity contribution in [1.82, 2.24) is 14.7 Å². The molecule has 6 nitrogen and oxygen atoms in total. The fourth-order valence-electron chi connectivity index (χ4n) is 4.22. The molecule has 0 aliphatic heterocycles. The molecular weight excluding hydrogens is 519 g/mol. The normalized spacial score (nSPS) is 10.9. The van der Waals surface area contributed by atoms with E-state index in [9.17, 15) is 9.59 Å². The Kier molecular flexibility index (Phi) is 7.45. The molecule has 5 rings (SSSR count). The minimum Gasteiger partial charge on any atom is -0.330 e. The Morgan fingerprint density at radius 2 is 1.58 bits per heavy atom. The molecule has 38 heavy (non-hydrogen) atoms. The molecule has 0 saturated carbocycles. The molecular formula is C30H24Cl2N4O2. The first-order valence-corrected chi connectivity index (χ1v) is 12.9. The minimum atomic E-state index is -0.346. The first kappa shape index (κ1) is 25.5. The predicted molar refractivity (Wildman–Crippen MR) is 153 cm³/mol. The number of carbonyl (C=O) groups excluding carboxylic acids is 2. The fourth-order valence-corrected chi connectivity index (χ4v) is 4.51. The Balaban J connectivity index is 1.40. The number of amides is 2. The van der Waals surface area contributed by atoms with Gasteiger partial charge in [-0.05, 0) is 48.0 Å². The smallest absolute Gasteiger partial charge is 0.254 e. The predicted octanol–water partition coefficient (Wildman–Crippen LogP) is 7.10. The molecule has 0 bridgehead atoms. The number of nitrogens with zero attached hydrogens (tertiary/aromatic N) is 3. The van der Waals surface area contributed by atoms with Crippen LogP contribution in [0.25, 0.3) is 27.7 Å². The molecule has 0 unspecified atom stereocenters. The number of aromatic nitrogens is 2. The lowest BCUT2D eigenvalue weighted by Gasteiger charge is -2.21. The number of hydrogen-bond donors (Lipinski definition) is 1. The van der Waals surface area contributed by atoms with Crippen LogP contribution in [0.15, 0.2) is 97.1 Å². The highest BCUT2D eigenvalue weighted by molar-refractivity contribution is 6.42. The topological polar surface area (TPSA) is 67.2 Å². The number of rotatable bonds is 7. The summed E-state index contributed by atoms with van der Waals surface area (Å²) in [5, 5.41) is 10.4. The van der Waals surface area contributed by atoms with E-state index in [-0.39, 0.29) is 18.4 Å². The number of carbonyl (C=O) groups is 2. The van der Waals surface area contributed by atoms with Crippen molar-refractivity contribution >= 4 is 51.6 Å². The van der Waals surface area contributed by atoms with Crippen LogP contribution in [0.4, 0.5) is 5.82 Å². The van der Waals surface area contributed by atoms with Gasteiger partial charge in [-0.15, -0.1) is 0 Å². The first-order valence-electron chi connectivity index (χ1n) is 12.1. The van der Waals surface area contributed by atoms with Crippen molar-refractivity contribution in [3.05, 3.63) is 113 Å². The van der Waals surface area contributed by atoms with Crippen LogP contribution in [0.2, 0.25) is 10.0 Å². The molecule has 1 N–H and O–H groups in total. The quantitative estimate of drug-likeness (QED) is 0.238. The number of halogens is 2. The van der Waals surface area contributed by atoms with Crippen LogP contribution in [-0.4, -0.2) is 39.6 Å². The summed E-state index contributed by atoms with van der Waals surface area (Å²) in [6, 6.07) is 30.0. The Bertz CT molecular complexity index is 1630. The Labute approximate surface area is 230 Å². The van der Waals surface area contributed by atoms with Crippen LogP contribution >= 0.6 is 23.2 Å². The van der Waals surface area contributed by atoms with Crippen LogP contribution in [-0.2, 0) is 4.79 Å². The molecule has 0 spiro atoms. The van der Waals surface area contributed by atoms with Gasteiger partial charge in [0.05, 0.1) is 21.4 Å². The van der Waals surface area contributed by atoms with E-state index in [1.807, 2.05) is 73.7 Å². The largest absolute Gasteiger partial charge is 0.330 e. The summed E-state index contributed by atoms with van der Waals surface area (Å²) in [4.78, 5) is 28.0. The van der Waals surface area contributed by atoms with Crippen molar-refractivity contribution < 1.29 is 9.59 Å². The van der Waals surface area contributed by atoms with E-state index in [4.69, 9.17) is 28.3 Å². The SMILES string of the molecule is CCN(CC(=O)Nc1cc(-c2ccccc2)nn1-c1ccc(Cl)c(Cl)c1)C(=O)c1ccc2ccccc2c1. The summed E-state index contributed by atoms with van der Waals surface area (Å²) < 4.78 is 1.60. The lowest BCUT2D eigenvalue weighted by molar-refractivity contribution is -0.116. The summed E-state index contributed by atoms with van der Waals surface area (Å²) in [5.74, 6) is -0.111. The number of likely N-dealkylation sites (N-methyl/N-ethyl adjacent to an activating group) is 1. The van der Waals surface area contributed by atoms with Gasteiger partial charge in [-0.25, -0.2) is 4.68 Å². The van der Waals surface area contributed by atoms with Crippen molar-refractivity contribution in [1.29, 1.82) is 0 Å². The van der Waals surface area contributed by atoms with E-state index >= 15 is 0 Å². The van der Waals surface area contributed by atoms with Gasteiger partial charge >= 0.3 is 0 Å². The second-order valence-corrected chi connectivity index (χ2v) is 9.53. The molecule has 0 saturated heterocycles.